The quantitative estimate of drug-likeness (QED) is 0.689. The Balaban J connectivity index is 1.85. The molecular formula is C20H22F2N2O6S. The highest BCUT2D eigenvalue weighted by Gasteiger charge is 2.28. The summed E-state index contributed by atoms with van der Waals surface area (Å²) in [6, 6.07) is 8.36. The number of morpholine rings is 1. The second-order valence-electron chi connectivity index (χ2n) is 6.70. The second-order valence-corrected chi connectivity index (χ2v) is 8.60. The van der Waals surface area contributed by atoms with Crippen LogP contribution in [-0.2, 0) is 14.8 Å². The van der Waals surface area contributed by atoms with Gasteiger partial charge in [-0.05, 0) is 42.8 Å². The molecular weight excluding hydrogens is 434 g/mol. The molecule has 1 aliphatic rings. The molecule has 1 saturated heterocycles. The van der Waals surface area contributed by atoms with Gasteiger partial charge in [0.1, 0.15) is 0 Å². The third kappa shape index (κ3) is 5.30. The van der Waals surface area contributed by atoms with Gasteiger partial charge in [-0.2, -0.15) is 13.1 Å². The van der Waals surface area contributed by atoms with E-state index in [-0.39, 0.29) is 40.7 Å². The number of nitrogens with zero attached hydrogens (tertiary/aromatic N) is 1. The Hall–Kier alpha value is -2.76. The van der Waals surface area contributed by atoms with Gasteiger partial charge in [-0.15, -0.1) is 0 Å². The van der Waals surface area contributed by atoms with E-state index < -0.39 is 22.5 Å². The first-order chi connectivity index (χ1) is 14.7. The first kappa shape index (κ1) is 22.9. The van der Waals surface area contributed by atoms with Gasteiger partial charge in [0.15, 0.2) is 11.5 Å². The Morgan fingerprint density at radius 3 is 2.48 bits per heavy atom. The van der Waals surface area contributed by atoms with Crippen LogP contribution in [0.5, 0.6) is 11.5 Å². The van der Waals surface area contributed by atoms with Gasteiger partial charge in [-0.1, -0.05) is 6.07 Å². The fourth-order valence-corrected chi connectivity index (χ4v) is 4.75. The zero-order chi connectivity index (χ0) is 22.6. The van der Waals surface area contributed by atoms with Gasteiger partial charge < -0.3 is 19.5 Å². The predicted molar refractivity (Wildman–Crippen MR) is 108 cm³/mol. The summed E-state index contributed by atoms with van der Waals surface area (Å²) in [4.78, 5) is 12.7. The zero-order valence-electron chi connectivity index (χ0n) is 16.9. The Morgan fingerprint density at radius 2 is 1.84 bits per heavy atom. The van der Waals surface area contributed by atoms with Crippen LogP contribution in [0.3, 0.4) is 0 Å². The number of benzene rings is 2. The third-order valence-corrected chi connectivity index (χ3v) is 6.72. The van der Waals surface area contributed by atoms with E-state index in [0.717, 1.165) is 6.07 Å². The molecule has 2 aromatic carbocycles. The van der Waals surface area contributed by atoms with Crippen LogP contribution in [0.25, 0.3) is 0 Å². The van der Waals surface area contributed by atoms with Crippen LogP contribution in [0.1, 0.15) is 15.9 Å². The second kappa shape index (κ2) is 9.58. The van der Waals surface area contributed by atoms with Gasteiger partial charge in [-0.3, -0.25) is 4.79 Å². The molecule has 1 N–H and O–H groups in total. The van der Waals surface area contributed by atoms with Crippen LogP contribution in [0.2, 0.25) is 0 Å². The van der Waals surface area contributed by atoms with Crippen molar-refractivity contribution in [1.82, 2.24) is 4.31 Å². The largest absolute Gasteiger partial charge is 0.493 e. The minimum atomic E-state index is -3.76. The summed E-state index contributed by atoms with van der Waals surface area (Å²) in [7, 11) is -2.47. The number of anilines is 1. The lowest BCUT2D eigenvalue weighted by Crippen LogP contribution is -2.40. The van der Waals surface area contributed by atoms with Crippen LogP contribution >= 0.6 is 0 Å². The maximum Gasteiger partial charge on any atom is 0.387 e. The first-order valence-corrected chi connectivity index (χ1v) is 10.8. The molecule has 0 radical (unpaired) electrons. The molecule has 0 aromatic heterocycles. The number of amides is 1. The standard InChI is InChI=1S/C20H22F2N2O6S/c1-13-3-5-15(12-18(13)31(26,27)24-7-9-29-10-8-24)23-19(25)14-4-6-16(28-2)17(11-14)30-20(21)22/h3-6,11-12,20H,7-10H2,1-2H3,(H,23,25). The number of halogens is 2. The summed E-state index contributed by atoms with van der Waals surface area (Å²) in [5, 5.41) is 2.59. The topological polar surface area (TPSA) is 94.2 Å². The third-order valence-electron chi connectivity index (χ3n) is 4.68. The van der Waals surface area contributed by atoms with Crippen LogP contribution < -0.4 is 14.8 Å². The van der Waals surface area contributed by atoms with Crippen molar-refractivity contribution in [3.63, 3.8) is 0 Å². The lowest BCUT2D eigenvalue weighted by molar-refractivity contribution is -0.0512. The van der Waals surface area contributed by atoms with Crippen LogP contribution in [-0.4, -0.2) is 58.7 Å². The Kier molecular flexibility index (Phi) is 7.08. The first-order valence-electron chi connectivity index (χ1n) is 9.35. The summed E-state index contributed by atoms with van der Waals surface area (Å²) in [5.41, 5.74) is 0.811. The van der Waals surface area contributed by atoms with Crippen molar-refractivity contribution in [3.05, 3.63) is 47.5 Å². The highest BCUT2D eigenvalue weighted by atomic mass is 32.2. The summed E-state index contributed by atoms with van der Waals surface area (Å²) in [6.07, 6.45) is 0. The number of carbonyl (C=O) groups is 1. The number of carbonyl (C=O) groups excluding carboxylic acids is 1. The van der Waals surface area contributed by atoms with E-state index in [9.17, 15) is 22.0 Å². The van der Waals surface area contributed by atoms with Crippen molar-refractivity contribution in [2.45, 2.75) is 18.4 Å². The summed E-state index contributed by atoms with van der Waals surface area (Å²) in [6.45, 7) is -0.299. The van der Waals surface area contributed by atoms with Crippen molar-refractivity contribution in [1.29, 1.82) is 0 Å². The van der Waals surface area contributed by atoms with E-state index in [1.807, 2.05) is 0 Å². The lowest BCUT2D eigenvalue weighted by atomic mass is 10.1. The van der Waals surface area contributed by atoms with Crippen molar-refractivity contribution < 1.29 is 36.2 Å². The van der Waals surface area contributed by atoms with Crippen molar-refractivity contribution >= 4 is 21.6 Å². The Bertz CT molecular complexity index is 1060. The number of methoxy groups -OCH3 is 1. The normalized spacial score (nSPS) is 15.0. The number of rotatable bonds is 7. The molecule has 31 heavy (non-hydrogen) atoms. The summed E-state index contributed by atoms with van der Waals surface area (Å²) >= 11 is 0. The Labute approximate surface area is 178 Å². The summed E-state index contributed by atoms with van der Waals surface area (Å²) < 4.78 is 67.1. The maximum absolute atomic E-state index is 13.0. The highest BCUT2D eigenvalue weighted by Crippen LogP contribution is 2.30. The number of alkyl halides is 2. The van der Waals surface area contributed by atoms with Gasteiger partial charge in [0.25, 0.3) is 5.91 Å². The fraction of sp³-hybridized carbons (Fsp3) is 0.350. The molecule has 1 amide bonds. The number of hydrogen-bond donors (Lipinski definition) is 1. The van der Waals surface area contributed by atoms with E-state index >= 15 is 0 Å². The molecule has 1 aliphatic heterocycles. The van der Waals surface area contributed by atoms with E-state index in [2.05, 4.69) is 10.1 Å². The molecule has 0 unspecified atom stereocenters. The van der Waals surface area contributed by atoms with E-state index in [1.165, 1.54) is 29.6 Å². The van der Waals surface area contributed by atoms with Crippen LogP contribution in [0, 0.1) is 6.92 Å². The number of ether oxygens (including phenoxy) is 3. The molecule has 11 heteroatoms. The predicted octanol–water partition coefficient (Wildman–Crippen LogP) is 2.88. The van der Waals surface area contributed by atoms with Crippen LogP contribution in [0.4, 0.5) is 14.5 Å². The molecule has 0 bridgehead atoms. The van der Waals surface area contributed by atoms with Gasteiger partial charge in [-0.25, -0.2) is 8.42 Å². The van der Waals surface area contributed by atoms with E-state index in [1.54, 1.807) is 19.1 Å². The molecule has 2 aromatic rings. The molecule has 1 fully saturated rings. The van der Waals surface area contributed by atoms with Gasteiger partial charge >= 0.3 is 6.61 Å². The van der Waals surface area contributed by atoms with Crippen molar-refractivity contribution in [3.8, 4) is 11.5 Å². The average molecular weight is 456 g/mol. The molecule has 0 saturated carbocycles. The molecule has 3 rings (SSSR count). The minimum Gasteiger partial charge on any atom is -0.493 e. The smallest absolute Gasteiger partial charge is 0.387 e. The summed E-state index contributed by atoms with van der Waals surface area (Å²) in [5.74, 6) is -0.865. The lowest BCUT2D eigenvalue weighted by Gasteiger charge is -2.26. The Morgan fingerprint density at radius 1 is 1.13 bits per heavy atom. The van der Waals surface area contributed by atoms with Gasteiger partial charge in [0, 0.05) is 24.3 Å². The molecule has 0 spiro atoms. The molecule has 0 atom stereocenters. The number of sulfonamides is 1. The number of hydrogen-bond acceptors (Lipinski definition) is 6. The average Bonchev–Trinajstić information content (AvgIpc) is 2.75. The highest BCUT2D eigenvalue weighted by molar-refractivity contribution is 7.89. The van der Waals surface area contributed by atoms with Crippen molar-refractivity contribution in [2.24, 2.45) is 0 Å². The molecule has 8 nitrogen and oxygen atoms in total. The van der Waals surface area contributed by atoms with Gasteiger partial charge in [0.2, 0.25) is 10.0 Å². The number of nitrogens with one attached hydrogen (secondary N) is 1. The monoisotopic (exact) mass is 456 g/mol. The zero-order valence-corrected chi connectivity index (χ0v) is 17.7. The molecule has 168 valence electrons. The van der Waals surface area contributed by atoms with E-state index in [0.29, 0.717) is 18.8 Å². The molecule has 1 heterocycles. The van der Waals surface area contributed by atoms with Crippen molar-refractivity contribution in [2.75, 3.05) is 38.7 Å². The van der Waals surface area contributed by atoms with E-state index in [4.69, 9.17) is 9.47 Å². The van der Waals surface area contributed by atoms with Crippen LogP contribution in [0.15, 0.2) is 41.3 Å². The minimum absolute atomic E-state index is 0.0367. The van der Waals surface area contributed by atoms with Gasteiger partial charge in [0.05, 0.1) is 25.2 Å². The number of aryl methyl sites for hydroxylation is 1. The SMILES string of the molecule is COc1ccc(C(=O)Nc2ccc(C)c(S(=O)(=O)N3CCOCC3)c2)cc1OC(F)F. The molecule has 0 aliphatic carbocycles. The maximum atomic E-state index is 13.0. The fourth-order valence-electron chi connectivity index (χ4n) is 3.09.